The van der Waals surface area contributed by atoms with Crippen LogP contribution in [0.3, 0.4) is 0 Å². The summed E-state index contributed by atoms with van der Waals surface area (Å²) in [5.74, 6) is -2.66. The molecule has 0 radical (unpaired) electrons. The van der Waals surface area contributed by atoms with Crippen LogP contribution < -0.4 is 35.8 Å². The van der Waals surface area contributed by atoms with Crippen LogP contribution in [-0.2, 0) is 39.0 Å². The summed E-state index contributed by atoms with van der Waals surface area (Å²) < 4.78 is 105. The summed E-state index contributed by atoms with van der Waals surface area (Å²) in [6.07, 6.45) is 2.36. The van der Waals surface area contributed by atoms with Crippen molar-refractivity contribution in [2.45, 2.75) is 124 Å². The van der Waals surface area contributed by atoms with Gasteiger partial charge in [-0.3, -0.25) is 38.7 Å². The second-order valence-electron chi connectivity index (χ2n) is 32.8. The van der Waals surface area contributed by atoms with E-state index in [1.807, 2.05) is 97.4 Å². The van der Waals surface area contributed by atoms with Gasteiger partial charge in [0.15, 0.2) is 0 Å². The number of likely N-dealkylation sites (tertiary alicyclic amines) is 1. The van der Waals surface area contributed by atoms with Gasteiger partial charge in [-0.05, 0) is 171 Å². The third kappa shape index (κ3) is 23.0. The van der Waals surface area contributed by atoms with Crippen LogP contribution >= 0.6 is 34.7 Å². The number of aromatic nitrogens is 1. The van der Waals surface area contributed by atoms with Crippen molar-refractivity contribution in [2.75, 3.05) is 152 Å². The summed E-state index contributed by atoms with van der Waals surface area (Å²) in [6, 6.07) is 38.4. The third-order valence-electron chi connectivity index (χ3n) is 22.8. The molecule has 12 rings (SSSR count). The van der Waals surface area contributed by atoms with Crippen molar-refractivity contribution in [3.63, 3.8) is 0 Å². The fourth-order valence-corrected chi connectivity index (χ4v) is 20.1. The Morgan fingerprint density at radius 1 is 0.754 bits per heavy atom. The number of benzene rings is 6. The van der Waals surface area contributed by atoms with E-state index < -0.39 is 113 Å². The van der Waals surface area contributed by atoms with Gasteiger partial charge >= 0.3 is 5.51 Å². The Balaban J connectivity index is 0.587. The lowest BCUT2D eigenvalue weighted by Gasteiger charge is -2.42. The second-order valence-corrected chi connectivity index (χ2v) is 38.8. The molecule has 634 valence electrons. The van der Waals surface area contributed by atoms with Gasteiger partial charge in [0.25, 0.3) is 31.7 Å². The number of ether oxygens (including phenoxy) is 1. The Labute approximate surface area is 703 Å². The number of sulfonamides is 1. The molecular weight excluding hydrogens is 1610 g/mol. The summed E-state index contributed by atoms with van der Waals surface area (Å²) in [5.41, 5.74) is 3.66. The van der Waals surface area contributed by atoms with Crippen LogP contribution in [0, 0.1) is 17.8 Å². The molecular formula is C86H107ClF3N13O11S4. The Morgan fingerprint density at radius 3 is 1.97 bits per heavy atom. The largest absolute Gasteiger partial charge is 0.501 e. The van der Waals surface area contributed by atoms with E-state index in [1.165, 1.54) is 39.9 Å². The molecule has 4 fully saturated rings. The summed E-state index contributed by atoms with van der Waals surface area (Å²) in [6.45, 7) is 23.7. The minimum atomic E-state index is -6.11. The highest BCUT2D eigenvalue weighted by Gasteiger charge is 2.49. The zero-order chi connectivity index (χ0) is 84.3. The number of anilines is 3. The van der Waals surface area contributed by atoms with Crippen LogP contribution in [-0.4, -0.2) is 248 Å². The highest BCUT2D eigenvalue weighted by molar-refractivity contribution is 7.99. The molecule has 6 N–H and O–H groups in total. The number of carbonyl (C=O) groups excluding carboxylic acids is 5. The van der Waals surface area contributed by atoms with Gasteiger partial charge < -0.3 is 50.7 Å². The van der Waals surface area contributed by atoms with E-state index in [4.69, 9.17) is 16.3 Å². The number of allylic oxidation sites excluding steroid dienone is 1. The van der Waals surface area contributed by atoms with Gasteiger partial charge in [0.05, 0.1) is 58.6 Å². The number of nitrogens with one attached hydrogen (secondary N) is 5. The minimum Gasteiger partial charge on any atom is -0.391 e. The first-order chi connectivity index (χ1) is 56.1. The van der Waals surface area contributed by atoms with Crippen molar-refractivity contribution >= 4 is 107 Å². The Bertz CT molecular complexity index is 4910. The van der Waals surface area contributed by atoms with E-state index >= 15 is 0 Å². The van der Waals surface area contributed by atoms with Crippen molar-refractivity contribution in [1.29, 1.82) is 0 Å². The third-order valence-corrected chi connectivity index (χ3v) is 28.1. The molecule has 0 spiro atoms. The molecule has 32 heteroatoms. The zero-order valence-corrected chi connectivity index (χ0v) is 71.8. The molecule has 0 saturated carbocycles. The van der Waals surface area contributed by atoms with E-state index in [0.29, 0.717) is 74.8 Å². The lowest BCUT2D eigenvalue weighted by Crippen LogP contribution is -2.58. The van der Waals surface area contributed by atoms with Crippen LogP contribution in [0.1, 0.15) is 110 Å². The number of β-amino-alcohol motifs (C(OH)–C–C–N with tert-alkyl or cyclic N) is 1. The highest BCUT2D eigenvalue weighted by atomic mass is 35.5. The molecule has 5 aliphatic rings. The second kappa shape index (κ2) is 38.9. The smallest absolute Gasteiger partial charge is 0.391 e. The number of aliphatic hydroxyl groups is 1. The Kier molecular flexibility index (Phi) is 29.3. The van der Waals surface area contributed by atoms with Crippen molar-refractivity contribution in [2.24, 2.45) is 10.8 Å². The maximum Gasteiger partial charge on any atom is 0.501 e. The summed E-state index contributed by atoms with van der Waals surface area (Å²) in [4.78, 5) is 88.5. The van der Waals surface area contributed by atoms with Gasteiger partial charge in [0.2, 0.25) is 17.7 Å². The van der Waals surface area contributed by atoms with E-state index in [2.05, 4.69) is 81.8 Å². The van der Waals surface area contributed by atoms with Crippen LogP contribution in [0.2, 0.25) is 5.02 Å². The monoisotopic (exact) mass is 1720 g/mol. The fraction of sp³-hybridized carbons (Fsp3) is 0.465. The predicted molar refractivity (Wildman–Crippen MR) is 457 cm³/mol. The number of amides is 5. The molecule has 5 amide bonds. The molecule has 24 nitrogen and oxygen atoms in total. The number of rotatable bonds is 31. The quantitative estimate of drug-likeness (QED) is 0.0220. The number of halogens is 4. The first-order valence-corrected chi connectivity index (χ1v) is 45.3. The fourth-order valence-electron chi connectivity index (χ4n) is 16.1. The number of thioether (sulfide) groups is 1. The summed E-state index contributed by atoms with van der Waals surface area (Å²) in [5, 5.41) is 23.0. The highest BCUT2D eigenvalue weighted by Crippen LogP contribution is 2.45. The topological polar surface area (TPSA) is 279 Å². The average Bonchev–Trinajstić information content (AvgIpc) is 0.967. The average molecular weight is 1720 g/mol. The summed E-state index contributed by atoms with van der Waals surface area (Å²) >= 11 is 9.41. The van der Waals surface area contributed by atoms with Crippen molar-refractivity contribution < 1.29 is 63.8 Å². The first kappa shape index (κ1) is 88.8. The number of carbonyl (C=O) groups is 5. The number of likely N-dealkylation sites (N-methyl/N-ethyl adjacent to an activating group) is 1. The molecule has 5 heterocycles. The van der Waals surface area contributed by atoms with E-state index in [-0.39, 0.29) is 23.9 Å². The van der Waals surface area contributed by atoms with Gasteiger partial charge in [0.1, 0.15) is 17.0 Å². The number of aryl methyl sites for hydroxylation is 1. The number of piperazine rings is 2. The Hall–Kier alpha value is -8.47. The molecule has 6 aromatic carbocycles. The number of aliphatic hydroxyl groups excluding tert-OH is 1. The maximum absolute atomic E-state index is 14.4. The molecule has 1 aromatic heterocycles. The molecule has 1 unspecified atom stereocenters. The van der Waals surface area contributed by atoms with E-state index in [0.717, 1.165) is 140 Å². The van der Waals surface area contributed by atoms with Crippen LogP contribution in [0.15, 0.2) is 171 Å². The molecule has 118 heavy (non-hydrogen) atoms. The number of hydrogen-bond acceptors (Lipinski definition) is 21. The zero-order valence-electron chi connectivity index (χ0n) is 67.8. The number of thiazole rings is 1. The number of alkyl halides is 3. The molecule has 4 saturated heterocycles. The SMILES string of the molecule is Cc1ncsc1-c1ccc([C@H](C)NC(=O)[C@@H]2C[C@@H](O)CN2C(=O)[C@@H](NC(=O)CNC(=O)c2ccc(N3CCN(CCN(C)CC4(C)CCC(c5ccc(Cl)cc5)=C(CN5CCN(c6ccc(C(=O)NS(=O)(=O)c7ccc(N[C@H](CCN8CCOCC8)CSc8ccccc8)c(S(=O)(=O)C(F)(F)F)c7)cc6)CC5)C4)CC3)cc2)C(C)(C)C)cc1. The molecule has 4 aliphatic heterocycles. The number of sulfone groups is 1. The lowest BCUT2D eigenvalue weighted by atomic mass is 9.71. The summed E-state index contributed by atoms with van der Waals surface area (Å²) in [7, 11) is -8.82. The predicted octanol–water partition coefficient (Wildman–Crippen LogP) is 11.1. The molecule has 1 aliphatic carbocycles. The molecule has 6 atom stereocenters. The molecule has 0 bridgehead atoms. The van der Waals surface area contributed by atoms with E-state index in [9.17, 15) is 59.1 Å². The van der Waals surface area contributed by atoms with Crippen molar-refractivity contribution in [3.8, 4) is 10.4 Å². The Morgan fingerprint density at radius 2 is 1.36 bits per heavy atom. The normalized spacial score (nSPS) is 19.7. The van der Waals surface area contributed by atoms with Crippen molar-refractivity contribution in [3.05, 3.63) is 190 Å². The molecule has 7 aromatic rings. The standard InChI is InChI=1S/C86H107ClF3N13O11S4/c1-58(60-13-15-62(16-14-60)78-59(2)92-57-116-78)93-82(108)75-49-70(104)54-103(75)83(109)79(84(3,4)5)95-77(105)52-91-80(106)63-19-25-68(26-20-63)101-41-37-99(38-42-101)36-35-97(7)56-85(6)33-31-73(61-17-23-66(87)24-18-61)65(51-85)53-100-39-43-102(44-40-100)69-27-21-64(22-28-69)81(107)96-118(112,113)72-29-30-74(76(50-72)117(110,111)86(88,89)90)94-67(32-34-98-45-47-114-48-46-98)55-115-71-11-9-8-10-12-71/h8-30,50,57-58,67,70,75,79,94,104H,31-49,51-56H2,1-7H3,(H,91,106)(H,93,108)(H,95,105)(H,96,107)/t58-,67+,70+,75-,79+,85?/m0/s1. The van der Waals surface area contributed by atoms with Gasteiger partial charge in [-0.15, -0.1) is 23.1 Å². The number of morpholine rings is 1. The van der Waals surface area contributed by atoms with Crippen LogP contribution in [0.5, 0.6) is 0 Å². The van der Waals surface area contributed by atoms with Gasteiger partial charge in [-0.2, -0.15) is 13.2 Å². The number of nitrogens with zero attached hydrogens (tertiary/aromatic N) is 8. The lowest BCUT2D eigenvalue weighted by molar-refractivity contribution is -0.144. The van der Waals surface area contributed by atoms with Gasteiger partial charge in [-0.1, -0.05) is 99.5 Å². The number of hydrogen-bond donors (Lipinski definition) is 6. The maximum atomic E-state index is 14.4. The first-order valence-electron chi connectivity index (χ1n) is 40.1. The van der Waals surface area contributed by atoms with Gasteiger partial charge in [-0.25, -0.2) is 26.5 Å². The van der Waals surface area contributed by atoms with Gasteiger partial charge in [0, 0.05) is 155 Å². The van der Waals surface area contributed by atoms with Crippen molar-refractivity contribution in [1.82, 2.24) is 50.2 Å². The van der Waals surface area contributed by atoms with E-state index in [1.54, 1.807) is 61.9 Å². The van der Waals surface area contributed by atoms with Crippen LogP contribution in [0.25, 0.3) is 16.0 Å². The minimum absolute atomic E-state index is 0.00320. The van der Waals surface area contributed by atoms with Crippen LogP contribution in [0.4, 0.5) is 30.2 Å².